The van der Waals surface area contributed by atoms with Gasteiger partial charge in [-0.25, -0.2) is 8.42 Å². The van der Waals surface area contributed by atoms with Crippen molar-refractivity contribution in [3.63, 3.8) is 0 Å². The lowest BCUT2D eigenvalue weighted by atomic mass is 10.1. The molecule has 0 radical (unpaired) electrons. The van der Waals surface area contributed by atoms with Crippen molar-refractivity contribution in [2.75, 3.05) is 11.0 Å². The summed E-state index contributed by atoms with van der Waals surface area (Å²) in [6.07, 6.45) is 1.08. The van der Waals surface area contributed by atoms with Crippen LogP contribution in [-0.4, -0.2) is 19.7 Å². The molecule has 0 saturated heterocycles. The van der Waals surface area contributed by atoms with Gasteiger partial charge in [-0.3, -0.25) is 4.72 Å². The van der Waals surface area contributed by atoms with Crippen LogP contribution in [0.2, 0.25) is 0 Å². The van der Waals surface area contributed by atoms with Gasteiger partial charge in [0.1, 0.15) is 4.99 Å². The molecule has 1 rings (SSSR count). The van der Waals surface area contributed by atoms with Crippen molar-refractivity contribution in [2.24, 2.45) is 5.73 Å². The second-order valence-corrected chi connectivity index (χ2v) is 5.42. The summed E-state index contributed by atoms with van der Waals surface area (Å²) < 4.78 is 24.6. The summed E-state index contributed by atoms with van der Waals surface area (Å²) in [4.78, 5) is 0.180. The predicted octanol–water partition coefficient (Wildman–Crippen LogP) is 1.00. The zero-order valence-electron chi connectivity index (χ0n) is 8.44. The number of rotatable bonds is 3. The third kappa shape index (κ3) is 3.17. The van der Waals surface area contributed by atoms with Crippen LogP contribution in [-0.2, 0) is 10.0 Å². The number of sulfonamides is 1. The average molecular weight is 244 g/mol. The van der Waals surface area contributed by atoms with E-state index in [9.17, 15) is 8.42 Å². The molecule has 0 fully saturated rings. The number of nitrogens with one attached hydrogen (secondary N) is 1. The number of hydrogen-bond acceptors (Lipinski definition) is 3. The molecule has 0 aliphatic carbocycles. The molecule has 1 aromatic carbocycles. The molecule has 0 unspecified atom stereocenters. The topological polar surface area (TPSA) is 72.2 Å². The highest BCUT2D eigenvalue weighted by molar-refractivity contribution is 7.92. The van der Waals surface area contributed by atoms with Gasteiger partial charge in [0, 0.05) is 5.56 Å². The number of anilines is 1. The third-order valence-electron chi connectivity index (χ3n) is 1.81. The van der Waals surface area contributed by atoms with Gasteiger partial charge in [0.15, 0.2) is 0 Å². The highest BCUT2D eigenvalue weighted by Gasteiger charge is 2.11. The Kier molecular flexibility index (Phi) is 3.31. The van der Waals surface area contributed by atoms with Gasteiger partial charge in [-0.15, -0.1) is 0 Å². The van der Waals surface area contributed by atoms with E-state index in [1.54, 1.807) is 12.1 Å². The van der Waals surface area contributed by atoms with E-state index < -0.39 is 10.0 Å². The van der Waals surface area contributed by atoms with Gasteiger partial charge in [-0.2, -0.15) is 0 Å². The van der Waals surface area contributed by atoms with E-state index in [0.717, 1.165) is 11.8 Å². The molecular formula is C9H12N2O2S2. The van der Waals surface area contributed by atoms with Crippen LogP contribution >= 0.6 is 12.2 Å². The summed E-state index contributed by atoms with van der Waals surface area (Å²) in [5.74, 6) is 0. The maximum Gasteiger partial charge on any atom is 0.229 e. The van der Waals surface area contributed by atoms with Crippen molar-refractivity contribution in [1.82, 2.24) is 0 Å². The lowest BCUT2D eigenvalue weighted by molar-refractivity contribution is 0.607. The van der Waals surface area contributed by atoms with Crippen LogP contribution in [0.5, 0.6) is 0 Å². The van der Waals surface area contributed by atoms with Crippen LogP contribution in [0.4, 0.5) is 5.69 Å². The van der Waals surface area contributed by atoms with Gasteiger partial charge in [0.25, 0.3) is 0 Å². The fourth-order valence-electron chi connectivity index (χ4n) is 1.28. The van der Waals surface area contributed by atoms with Crippen molar-refractivity contribution in [3.05, 3.63) is 29.3 Å². The first kappa shape index (κ1) is 11.9. The zero-order valence-corrected chi connectivity index (χ0v) is 10.1. The van der Waals surface area contributed by atoms with E-state index in [4.69, 9.17) is 18.0 Å². The van der Waals surface area contributed by atoms with Crippen LogP contribution in [0.15, 0.2) is 18.2 Å². The van der Waals surface area contributed by atoms with E-state index in [1.807, 2.05) is 13.0 Å². The SMILES string of the molecule is Cc1cccc(NS(C)(=O)=O)c1C(N)=S. The minimum atomic E-state index is -3.32. The molecular weight excluding hydrogens is 232 g/mol. The summed E-state index contributed by atoms with van der Waals surface area (Å²) >= 11 is 4.87. The summed E-state index contributed by atoms with van der Waals surface area (Å²) in [6, 6.07) is 5.19. The molecule has 0 bridgehead atoms. The van der Waals surface area contributed by atoms with Crippen molar-refractivity contribution < 1.29 is 8.42 Å². The van der Waals surface area contributed by atoms with Gasteiger partial charge in [-0.05, 0) is 18.6 Å². The van der Waals surface area contributed by atoms with Gasteiger partial charge in [0.2, 0.25) is 10.0 Å². The van der Waals surface area contributed by atoms with E-state index >= 15 is 0 Å². The lowest BCUT2D eigenvalue weighted by Gasteiger charge is -2.11. The van der Waals surface area contributed by atoms with E-state index in [1.165, 1.54) is 0 Å². The number of hydrogen-bond donors (Lipinski definition) is 2. The molecule has 3 N–H and O–H groups in total. The number of nitrogens with two attached hydrogens (primary N) is 1. The minimum absolute atomic E-state index is 0.180. The quantitative estimate of drug-likeness (QED) is 0.778. The first-order valence-electron chi connectivity index (χ1n) is 4.18. The van der Waals surface area contributed by atoms with Crippen molar-refractivity contribution in [3.8, 4) is 0 Å². The summed E-state index contributed by atoms with van der Waals surface area (Å²) in [5, 5.41) is 0. The summed E-state index contributed by atoms with van der Waals surface area (Å²) in [6.45, 7) is 1.82. The molecule has 0 aliphatic heterocycles. The van der Waals surface area contributed by atoms with Crippen molar-refractivity contribution in [2.45, 2.75) is 6.92 Å². The normalized spacial score (nSPS) is 11.1. The van der Waals surface area contributed by atoms with Crippen LogP contribution in [0.25, 0.3) is 0 Å². The molecule has 0 heterocycles. The fraction of sp³-hybridized carbons (Fsp3) is 0.222. The Morgan fingerprint density at radius 2 is 2.07 bits per heavy atom. The van der Waals surface area contributed by atoms with E-state index in [-0.39, 0.29) is 4.99 Å². The molecule has 6 heteroatoms. The smallest absolute Gasteiger partial charge is 0.229 e. The standard InChI is InChI=1S/C9H12N2O2S2/c1-6-4-3-5-7(8(6)9(10)14)11-15(2,12)13/h3-5,11H,1-2H3,(H2,10,14). The number of thiocarbonyl (C=S) groups is 1. The average Bonchev–Trinajstić information content (AvgIpc) is 1.99. The Bertz CT molecular complexity index is 495. The molecule has 15 heavy (non-hydrogen) atoms. The maximum absolute atomic E-state index is 11.1. The van der Waals surface area contributed by atoms with E-state index in [2.05, 4.69) is 4.72 Å². The van der Waals surface area contributed by atoms with Crippen LogP contribution in [0.1, 0.15) is 11.1 Å². The fourth-order valence-corrected chi connectivity index (χ4v) is 2.12. The summed E-state index contributed by atoms with van der Waals surface area (Å²) in [5.41, 5.74) is 7.36. The summed E-state index contributed by atoms with van der Waals surface area (Å²) in [7, 11) is -3.32. The Morgan fingerprint density at radius 3 is 2.53 bits per heavy atom. The predicted molar refractivity (Wildman–Crippen MR) is 65.5 cm³/mol. The number of aryl methyl sites for hydroxylation is 1. The molecule has 4 nitrogen and oxygen atoms in total. The molecule has 0 aliphatic rings. The first-order chi connectivity index (χ1) is 6.81. The molecule has 0 spiro atoms. The third-order valence-corrected chi connectivity index (χ3v) is 2.61. The van der Waals surface area contributed by atoms with Gasteiger partial charge in [-0.1, -0.05) is 24.4 Å². The van der Waals surface area contributed by atoms with Gasteiger partial charge < -0.3 is 5.73 Å². The van der Waals surface area contributed by atoms with Gasteiger partial charge in [0.05, 0.1) is 11.9 Å². The Hall–Kier alpha value is -1.14. The Labute approximate surface area is 94.5 Å². The first-order valence-corrected chi connectivity index (χ1v) is 6.48. The maximum atomic E-state index is 11.1. The Balaban J connectivity index is 3.30. The largest absolute Gasteiger partial charge is 0.389 e. The molecule has 0 atom stereocenters. The van der Waals surface area contributed by atoms with Crippen molar-refractivity contribution >= 4 is 32.9 Å². The lowest BCUT2D eigenvalue weighted by Crippen LogP contribution is -2.17. The van der Waals surface area contributed by atoms with Gasteiger partial charge >= 0.3 is 0 Å². The highest BCUT2D eigenvalue weighted by Crippen LogP contribution is 2.20. The van der Waals surface area contributed by atoms with Crippen LogP contribution in [0, 0.1) is 6.92 Å². The molecule has 0 aromatic heterocycles. The van der Waals surface area contributed by atoms with Crippen LogP contribution < -0.4 is 10.5 Å². The molecule has 0 amide bonds. The second kappa shape index (κ2) is 4.16. The minimum Gasteiger partial charge on any atom is -0.389 e. The zero-order chi connectivity index (χ0) is 11.6. The van der Waals surface area contributed by atoms with Crippen molar-refractivity contribution in [1.29, 1.82) is 0 Å². The monoisotopic (exact) mass is 244 g/mol. The second-order valence-electron chi connectivity index (χ2n) is 3.24. The molecule has 82 valence electrons. The number of benzene rings is 1. The van der Waals surface area contributed by atoms with E-state index in [0.29, 0.717) is 11.3 Å². The molecule has 1 aromatic rings. The molecule has 0 saturated carbocycles. The Morgan fingerprint density at radius 1 is 1.47 bits per heavy atom. The van der Waals surface area contributed by atoms with Crippen LogP contribution in [0.3, 0.4) is 0 Å². The highest BCUT2D eigenvalue weighted by atomic mass is 32.2.